The molecule has 2 aliphatic carbocycles. The van der Waals surface area contributed by atoms with Gasteiger partial charge < -0.3 is 14.7 Å². The van der Waals surface area contributed by atoms with Crippen LogP contribution in [0, 0.1) is 11.3 Å². The maximum Gasteiger partial charge on any atom is 0.111 e. The van der Waals surface area contributed by atoms with Crippen molar-refractivity contribution in [3.05, 3.63) is 23.1 Å². The molecule has 1 spiro atoms. The highest BCUT2D eigenvalue weighted by molar-refractivity contribution is 5.42. The summed E-state index contributed by atoms with van der Waals surface area (Å²) < 4.78 is 6.63. The highest BCUT2D eigenvalue weighted by Gasteiger charge is 2.57. The number of likely N-dealkylation sites (tertiary alicyclic amines) is 1. The standard InChI is InChI=1S/C27H44N2O3/c1-31-29-19-21-17-23(30)18-24-26(21)27(13-7-6-12-25(27)32-24)22(20-29)11-5-2-3-8-14-28-15-9-4-10-16-28/h20-21,23,25,30H,2-19H2,1H3/t21-,23-,25+,27?/m1/s1. The van der Waals surface area contributed by atoms with Gasteiger partial charge in [-0.3, -0.25) is 9.90 Å². The molecule has 0 amide bonds. The van der Waals surface area contributed by atoms with Gasteiger partial charge in [-0.1, -0.05) is 25.7 Å². The minimum Gasteiger partial charge on any atom is -0.493 e. The number of unbranched alkanes of at least 4 members (excludes halogenated alkanes) is 3. The molecule has 3 aliphatic heterocycles. The van der Waals surface area contributed by atoms with E-state index in [2.05, 4.69) is 16.2 Å². The molecular weight excluding hydrogens is 400 g/mol. The molecule has 5 heteroatoms. The van der Waals surface area contributed by atoms with Gasteiger partial charge >= 0.3 is 0 Å². The lowest BCUT2D eigenvalue weighted by Crippen LogP contribution is -2.41. The van der Waals surface area contributed by atoms with Gasteiger partial charge in [0.1, 0.15) is 6.10 Å². The fourth-order valence-electron chi connectivity index (χ4n) is 7.45. The van der Waals surface area contributed by atoms with Crippen molar-refractivity contribution in [2.24, 2.45) is 11.3 Å². The lowest BCUT2D eigenvalue weighted by molar-refractivity contribution is -0.0973. The molecule has 5 aliphatic rings. The number of piperidine rings is 1. The normalized spacial score (nSPS) is 35.1. The first-order valence-electron chi connectivity index (χ1n) is 13.5. The number of ether oxygens (including phenoxy) is 1. The zero-order valence-corrected chi connectivity index (χ0v) is 20.2. The van der Waals surface area contributed by atoms with Crippen LogP contribution in [0.2, 0.25) is 0 Å². The molecule has 32 heavy (non-hydrogen) atoms. The monoisotopic (exact) mass is 444 g/mol. The Morgan fingerprint density at radius 3 is 2.78 bits per heavy atom. The summed E-state index contributed by atoms with van der Waals surface area (Å²) in [4.78, 5) is 8.46. The molecule has 5 rings (SSSR count). The summed E-state index contributed by atoms with van der Waals surface area (Å²) in [6.07, 6.45) is 19.4. The van der Waals surface area contributed by atoms with Crippen molar-refractivity contribution in [2.45, 2.75) is 102 Å². The minimum absolute atomic E-state index is 0.0689. The highest BCUT2D eigenvalue weighted by atomic mass is 16.7. The second-order valence-corrected chi connectivity index (χ2v) is 11.0. The Balaban J connectivity index is 1.26. The third-order valence-electron chi connectivity index (χ3n) is 8.92. The van der Waals surface area contributed by atoms with Crippen LogP contribution < -0.4 is 0 Å². The minimum atomic E-state index is -0.281. The summed E-state index contributed by atoms with van der Waals surface area (Å²) in [7, 11) is 1.79. The van der Waals surface area contributed by atoms with Crippen LogP contribution >= 0.6 is 0 Å². The van der Waals surface area contributed by atoms with Gasteiger partial charge in [-0.05, 0) is 88.6 Å². The first kappa shape index (κ1) is 22.7. The fraction of sp³-hybridized carbons (Fsp3) is 0.852. The van der Waals surface area contributed by atoms with Crippen LogP contribution in [0.5, 0.6) is 0 Å². The Labute approximate surface area is 194 Å². The molecular formula is C27H44N2O3. The Morgan fingerprint density at radius 1 is 1.09 bits per heavy atom. The van der Waals surface area contributed by atoms with Gasteiger partial charge in [0, 0.05) is 18.5 Å². The molecule has 1 saturated heterocycles. The molecule has 0 radical (unpaired) electrons. The van der Waals surface area contributed by atoms with E-state index in [0.717, 1.165) is 31.6 Å². The largest absolute Gasteiger partial charge is 0.493 e. The number of hydroxylamine groups is 2. The lowest BCUT2D eigenvalue weighted by atomic mass is 9.59. The van der Waals surface area contributed by atoms with Crippen LogP contribution in [0.4, 0.5) is 0 Å². The van der Waals surface area contributed by atoms with Gasteiger partial charge in [0.2, 0.25) is 0 Å². The van der Waals surface area contributed by atoms with Crippen molar-refractivity contribution < 1.29 is 14.7 Å². The average molecular weight is 445 g/mol. The van der Waals surface area contributed by atoms with Gasteiger partial charge in [0.15, 0.2) is 0 Å². The predicted octanol–water partition coefficient (Wildman–Crippen LogP) is 5.17. The molecule has 0 aromatic carbocycles. The Hall–Kier alpha value is -1.04. The van der Waals surface area contributed by atoms with Crippen LogP contribution in [0.25, 0.3) is 0 Å². The summed E-state index contributed by atoms with van der Waals surface area (Å²) in [6, 6.07) is 0. The zero-order valence-electron chi connectivity index (χ0n) is 20.2. The van der Waals surface area contributed by atoms with Crippen molar-refractivity contribution in [3.8, 4) is 0 Å². The van der Waals surface area contributed by atoms with E-state index < -0.39 is 0 Å². The highest BCUT2D eigenvalue weighted by Crippen LogP contribution is 2.61. The van der Waals surface area contributed by atoms with Crippen LogP contribution in [-0.4, -0.2) is 60.6 Å². The quantitative estimate of drug-likeness (QED) is 0.524. The van der Waals surface area contributed by atoms with Crippen LogP contribution in [0.15, 0.2) is 23.1 Å². The molecule has 2 fully saturated rings. The van der Waals surface area contributed by atoms with E-state index in [9.17, 15) is 5.11 Å². The summed E-state index contributed by atoms with van der Waals surface area (Å²) in [6.45, 7) is 4.76. The number of nitrogens with zero attached hydrogens (tertiary/aromatic N) is 2. The molecule has 0 aromatic heterocycles. The van der Waals surface area contributed by atoms with E-state index >= 15 is 0 Å². The van der Waals surface area contributed by atoms with Crippen LogP contribution in [0.1, 0.15) is 89.9 Å². The predicted molar refractivity (Wildman–Crippen MR) is 127 cm³/mol. The van der Waals surface area contributed by atoms with E-state index in [0.29, 0.717) is 12.3 Å². The van der Waals surface area contributed by atoms with E-state index in [1.165, 1.54) is 83.8 Å². The molecule has 1 N–H and O–H groups in total. The van der Waals surface area contributed by atoms with Crippen molar-refractivity contribution >= 4 is 0 Å². The molecule has 5 nitrogen and oxygen atoms in total. The average Bonchev–Trinajstić information content (AvgIpc) is 3.08. The van der Waals surface area contributed by atoms with Crippen LogP contribution in [-0.2, 0) is 9.57 Å². The van der Waals surface area contributed by atoms with Crippen LogP contribution in [0.3, 0.4) is 0 Å². The Kier molecular flexibility index (Phi) is 7.15. The third kappa shape index (κ3) is 4.37. The topological polar surface area (TPSA) is 45.2 Å². The number of hydrogen-bond donors (Lipinski definition) is 1. The molecule has 180 valence electrons. The third-order valence-corrected chi connectivity index (χ3v) is 8.92. The summed E-state index contributed by atoms with van der Waals surface area (Å²) >= 11 is 0. The first-order valence-corrected chi connectivity index (χ1v) is 13.5. The number of aliphatic hydroxyl groups is 1. The molecule has 1 unspecified atom stereocenters. The van der Waals surface area contributed by atoms with Gasteiger partial charge in [-0.15, -0.1) is 0 Å². The number of hydrogen-bond acceptors (Lipinski definition) is 5. The number of rotatable bonds is 8. The smallest absolute Gasteiger partial charge is 0.111 e. The summed E-state index contributed by atoms with van der Waals surface area (Å²) in [5.41, 5.74) is 3.16. The summed E-state index contributed by atoms with van der Waals surface area (Å²) in [5, 5.41) is 12.6. The molecule has 1 saturated carbocycles. The Bertz CT molecular complexity index is 714. The maximum atomic E-state index is 10.5. The van der Waals surface area contributed by atoms with Crippen molar-refractivity contribution in [3.63, 3.8) is 0 Å². The van der Waals surface area contributed by atoms with Gasteiger partial charge in [-0.2, -0.15) is 0 Å². The maximum absolute atomic E-state index is 10.5. The molecule has 3 heterocycles. The lowest BCUT2D eigenvalue weighted by Gasteiger charge is -2.43. The summed E-state index contributed by atoms with van der Waals surface area (Å²) in [5.74, 6) is 1.47. The van der Waals surface area contributed by atoms with Gasteiger partial charge in [-0.25, -0.2) is 0 Å². The van der Waals surface area contributed by atoms with Crippen molar-refractivity contribution in [1.29, 1.82) is 0 Å². The SMILES string of the molecule is CON1C=C(CCCCCCN2CCCCC2)C23CCCC[C@@H]2OC2=C3[C@H](C[C@@H](O)C2)C1. The second-order valence-electron chi connectivity index (χ2n) is 11.0. The van der Waals surface area contributed by atoms with E-state index in [4.69, 9.17) is 9.57 Å². The second kappa shape index (κ2) is 10.1. The van der Waals surface area contributed by atoms with E-state index in [1.54, 1.807) is 18.3 Å². The molecule has 0 bridgehead atoms. The van der Waals surface area contributed by atoms with Crippen molar-refractivity contribution in [1.82, 2.24) is 9.96 Å². The van der Waals surface area contributed by atoms with E-state index in [1.807, 2.05) is 0 Å². The first-order chi connectivity index (χ1) is 15.7. The van der Waals surface area contributed by atoms with Crippen molar-refractivity contribution in [2.75, 3.05) is 33.3 Å². The zero-order chi connectivity index (χ0) is 22.0. The molecule has 0 aromatic rings. The Morgan fingerprint density at radius 2 is 1.94 bits per heavy atom. The number of aliphatic hydroxyl groups excluding tert-OH is 1. The fourth-order valence-corrected chi connectivity index (χ4v) is 7.45. The molecule has 4 atom stereocenters. The van der Waals surface area contributed by atoms with Gasteiger partial charge in [0.25, 0.3) is 0 Å². The van der Waals surface area contributed by atoms with E-state index in [-0.39, 0.29) is 17.6 Å². The van der Waals surface area contributed by atoms with Gasteiger partial charge in [0.05, 0.1) is 30.9 Å².